The van der Waals surface area contributed by atoms with Crippen molar-refractivity contribution in [1.29, 1.82) is 0 Å². The van der Waals surface area contributed by atoms with Gasteiger partial charge in [-0.25, -0.2) is 9.37 Å². The number of nitrogens with zero attached hydrogens (tertiary/aromatic N) is 1. The first-order valence-electron chi connectivity index (χ1n) is 6.26. The van der Waals surface area contributed by atoms with Crippen molar-refractivity contribution in [3.8, 4) is 0 Å². The highest BCUT2D eigenvalue weighted by atomic mass is 35.5. The summed E-state index contributed by atoms with van der Waals surface area (Å²) in [5.74, 6) is -0.379. The van der Waals surface area contributed by atoms with Crippen LogP contribution in [0.5, 0.6) is 0 Å². The highest BCUT2D eigenvalue weighted by Gasteiger charge is 2.13. The first-order chi connectivity index (χ1) is 10.0. The summed E-state index contributed by atoms with van der Waals surface area (Å²) in [6.07, 6.45) is 0. The largest absolute Gasteiger partial charge is 0.342 e. The van der Waals surface area contributed by atoms with Gasteiger partial charge in [-0.1, -0.05) is 11.6 Å². The third-order valence-electron chi connectivity index (χ3n) is 3.03. The van der Waals surface area contributed by atoms with Crippen LogP contribution in [0.2, 0.25) is 5.02 Å². The normalized spacial score (nSPS) is 10.8. The number of imidazole rings is 1. The second-order valence-electron chi connectivity index (χ2n) is 4.63. The van der Waals surface area contributed by atoms with Crippen molar-refractivity contribution in [2.75, 3.05) is 5.32 Å². The summed E-state index contributed by atoms with van der Waals surface area (Å²) >= 11 is 5.78. The van der Waals surface area contributed by atoms with Gasteiger partial charge in [0.05, 0.1) is 16.6 Å². The smallest absolute Gasteiger partial charge is 0.258 e. The van der Waals surface area contributed by atoms with Gasteiger partial charge in [-0.2, -0.15) is 0 Å². The topological polar surface area (TPSA) is 57.8 Å². The van der Waals surface area contributed by atoms with Crippen molar-refractivity contribution in [3.05, 3.63) is 58.6 Å². The minimum atomic E-state index is -0.615. The number of hydrogen-bond donors (Lipinski definition) is 2. The molecule has 0 saturated heterocycles. The molecule has 0 aliphatic rings. The maximum Gasteiger partial charge on any atom is 0.258 e. The van der Waals surface area contributed by atoms with Crippen molar-refractivity contribution >= 4 is 34.2 Å². The van der Waals surface area contributed by atoms with Gasteiger partial charge in [0.15, 0.2) is 0 Å². The van der Waals surface area contributed by atoms with Crippen molar-refractivity contribution in [2.45, 2.75) is 6.92 Å². The molecule has 2 N–H and O–H groups in total. The number of H-pyrrole nitrogens is 1. The molecule has 0 spiro atoms. The molecular weight excluding hydrogens is 293 g/mol. The van der Waals surface area contributed by atoms with E-state index in [2.05, 4.69) is 15.3 Å². The molecule has 0 atom stereocenters. The SMILES string of the molecule is Cc1nc2ccc(NC(=O)c3cc(Cl)ccc3F)cc2[nH]1. The molecule has 0 aliphatic carbocycles. The number of aromatic amines is 1. The second-order valence-corrected chi connectivity index (χ2v) is 5.07. The number of aromatic nitrogens is 2. The molecule has 4 nitrogen and oxygen atoms in total. The molecule has 3 rings (SSSR count). The summed E-state index contributed by atoms with van der Waals surface area (Å²) < 4.78 is 13.6. The third-order valence-corrected chi connectivity index (χ3v) is 3.27. The Morgan fingerprint density at radius 1 is 1.29 bits per heavy atom. The van der Waals surface area contributed by atoms with E-state index in [1.54, 1.807) is 18.2 Å². The van der Waals surface area contributed by atoms with Crippen LogP contribution in [0.4, 0.5) is 10.1 Å². The van der Waals surface area contributed by atoms with E-state index in [4.69, 9.17) is 11.6 Å². The van der Waals surface area contributed by atoms with Gasteiger partial charge in [-0.15, -0.1) is 0 Å². The summed E-state index contributed by atoms with van der Waals surface area (Å²) in [7, 11) is 0. The fraction of sp³-hybridized carbons (Fsp3) is 0.0667. The molecule has 0 bridgehead atoms. The molecule has 0 unspecified atom stereocenters. The van der Waals surface area contributed by atoms with Crippen LogP contribution in [0.25, 0.3) is 11.0 Å². The lowest BCUT2D eigenvalue weighted by atomic mass is 10.2. The Balaban J connectivity index is 1.90. The molecule has 0 aliphatic heterocycles. The van der Waals surface area contributed by atoms with Crippen LogP contribution in [0.1, 0.15) is 16.2 Å². The Kier molecular flexibility index (Phi) is 3.35. The Morgan fingerprint density at radius 3 is 2.90 bits per heavy atom. The standard InChI is InChI=1S/C15H11ClFN3O/c1-8-18-13-5-3-10(7-14(13)19-8)20-15(21)11-6-9(16)2-4-12(11)17/h2-7H,1H3,(H,18,19)(H,20,21). The zero-order chi connectivity index (χ0) is 15.0. The monoisotopic (exact) mass is 303 g/mol. The molecular formula is C15H11ClFN3O. The molecule has 21 heavy (non-hydrogen) atoms. The molecule has 2 aromatic carbocycles. The van der Waals surface area contributed by atoms with Crippen molar-refractivity contribution in [2.24, 2.45) is 0 Å². The first kappa shape index (κ1) is 13.6. The van der Waals surface area contributed by atoms with Gasteiger partial charge in [0, 0.05) is 10.7 Å². The van der Waals surface area contributed by atoms with Crippen LogP contribution < -0.4 is 5.32 Å². The Hall–Kier alpha value is -2.40. The minimum absolute atomic E-state index is 0.0941. The second kappa shape index (κ2) is 5.18. The van der Waals surface area contributed by atoms with Crippen molar-refractivity contribution in [3.63, 3.8) is 0 Å². The van der Waals surface area contributed by atoms with Gasteiger partial charge < -0.3 is 10.3 Å². The number of carbonyl (C=O) groups is 1. The van der Waals surface area contributed by atoms with E-state index in [9.17, 15) is 9.18 Å². The molecule has 0 radical (unpaired) electrons. The number of benzene rings is 2. The fourth-order valence-corrected chi connectivity index (χ4v) is 2.26. The summed E-state index contributed by atoms with van der Waals surface area (Å²) in [5.41, 5.74) is 2.07. The number of nitrogens with one attached hydrogen (secondary N) is 2. The lowest BCUT2D eigenvalue weighted by molar-refractivity contribution is 0.102. The lowest BCUT2D eigenvalue weighted by Crippen LogP contribution is -2.13. The van der Waals surface area contributed by atoms with Crippen LogP contribution in [0.15, 0.2) is 36.4 Å². The van der Waals surface area contributed by atoms with Gasteiger partial charge in [0.25, 0.3) is 5.91 Å². The number of amides is 1. The molecule has 106 valence electrons. The predicted molar refractivity (Wildman–Crippen MR) is 80.2 cm³/mol. The Labute approximate surface area is 125 Å². The van der Waals surface area contributed by atoms with Gasteiger partial charge in [-0.3, -0.25) is 4.79 Å². The summed E-state index contributed by atoms with van der Waals surface area (Å²) in [5, 5.41) is 2.95. The zero-order valence-electron chi connectivity index (χ0n) is 11.1. The quantitative estimate of drug-likeness (QED) is 0.754. The van der Waals surface area contributed by atoms with Crippen LogP contribution in [0.3, 0.4) is 0 Å². The van der Waals surface area contributed by atoms with E-state index >= 15 is 0 Å². The number of fused-ring (bicyclic) bond motifs is 1. The average molecular weight is 304 g/mol. The average Bonchev–Trinajstić information content (AvgIpc) is 2.80. The number of carbonyl (C=O) groups excluding carboxylic acids is 1. The number of aryl methyl sites for hydroxylation is 1. The van der Waals surface area contributed by atoms with Crippen LogP contribution in [0, 0.1) is 12.7 Å². The van der Waals surface area contributed by atoms with Crippen LogP contribution in [-0.4, -0.2) is 15.9 Å². The predicted octanol–water partition coefficient (Wildman–Crippen LogP) is 3.92. The molecule has 3 aromatic rings. The highest BCUT2D eigenvalue weighted by molar-refractivity contribution is 6.31. The molecule has 1 amide bonds. The maximum atomic E-state index is 13.6. The van der Waals surface area contributed by atoms with E-state index in [-0.39, 0.29) is 5.56 Å². The molecule has 0 saturated carbocycles. The summed E-state index contributed by atoms with van der Waals surface area (Å²) in [6.45, 7) is 1.85. The molecule has 1 heterocycles. The number of halogens is 2. The van der Waals surface area contributed by atoms with Gasteiger partial charge >= 0.3 is 0 Å². The van der Waals surface area contributed by atoms with Crippen LogP contribution >= 0.6 is 11.6 Å². The van der Waals surface area contributed by atoms with E-state index in [0.29, 0.717) is 10.7 Å². The van der Waals surface area contributed by atoms with Crippen LogP contribution in [-0.2, 0) is 0 Å². The van der Waals surface area contributed by atoms with Crippen molar-refractivity contribution < 1.29 is 9.18 Å². The zero-order valence-corrected chi connectivity index (χ0v) is 11.8. The fourth-order valence-electron chi connectivity index (χ4n) is 2.08. The maximum absolute atomic E-state index is 13.6. The molecule has 0 fully saturated rings. The number of anilines is 1. The molecule has 6 heteroatoms. The van der Waals surface area contributed by atoms with E-state index in [1.807, 2.05) is 6.92 Å². The number of rotatable bonds is 2. The third kappa shape index (κ3) is 2.73. The lowest BCUT2D eigenvalue weighted by Gasteiger charge is -2.06. The van der Waals surface area contributed by atoms with E-state index < -0.39 is 11.7 Å². The highest BCUT2D eigenvalue weighted by Crippen LogP contribution is 2.20. The van der Waals surface area contributed by atoms with Gasteiger partial charge in [0.1, 0.15) is 11.6 Å². The van der Waals surface area contributed by atoms with Crippen molar-refractivity contribution in [1.82, 2.24) is 9.97 Å². The summed E-state index contributed by atoms with van der Waals surface area (Å²) in [6, 6.07) is 9.10. The minimum Gasteiger partial charge on any atom is -0.342 e. The Bertz CT molecular complexity index is 844. The first-order valence-corrected chi connectivity index (χ1v) is 6.63. The Morgan fingerprint density at radius 2 is 2.10 bits per heavy atom. The van der Waals surface area contributed by atoms with Gasteiger partial charge in [0.2, 0.25) is 0 Å². The summed E-state index contributed by atoms with van der Waals surface area (Å²) in [4.78, 5) is 19.4. The van der Waals surface area contributed by atoms with E-state index in [1.165, 1.54) is 18.2 Å². The number of hydrogen-bond acceptors (Lipinski definition) is 2. The molecule has 1 aromatic heterocycles. The van der Waals surface area contributed by atoms with E-state index in [0.717, 1.165) is 16.9 Å². The van der Waals surface area contributed by atoms with Gasteiger partial charge in [-0.05, 0) is 43.3 Å².